The Morgan fingerprint density at radius 2 is 1.63 bits per heavy atom. The molecule has 3 rings (SSSR count). The number of halogens is 3. The average molecular weight is 425 g/mol. The minimum atomic E-state index is -1.21. The van der Waals surface area contributed by atoms with Gasteiger partial charge in [-0.15, -0.1) is 0 Å². The van der Waals surface area contributed by atoms with Crippen molar-refractivity contribution < 1.29 is 22.8 Å². The first kappa shape index (κ1) is 22.6. The van der Waals surface area contributed by atoms with Gasteiger partial charge in [0.1, 0.15) is 11.9 Å². The monoisotopic (exact) mass is 425 g/mol. The number of carbonyl (C=O) groups excluding carboxylic acids is 2. The van der Waals surface area contributed by atoms with Crippen LogP contribution in [-0.4, -0.2) is 40.9 Å². The van der Waals surface area contributed by atoms with Gasteiger partial charge in [0.15, 0.2) is 11.6 Å². The van der Waals surface area contributed by atoms with E-state index < -0.39 is 29.5 Å². The first-order chi connectivity index (χ1) is 14.1. The van der Waals surface area contributed by atoms with Gasteiger partial charge in [-0.2, -0.15) is 0 Å². The van der Waals surface area contributed by atoms with E-state index in [1.807, 2.05) is 4.90 Å². The fourth-order valence-corrected chi connectivity index (χ4v) is 4.73. The van der Waals surface area contributed by atoms with E-state index in [4.69, 9.17) is 5.73 Å². The predicted molar refractivity (Wildman–Crippen MR) is 107 cm³/mol. The molecular formula is C22H30F3N3O2. The van der Waals surface area contributed by atoms with Crippen LogP contribution in [0.4, 0.5) is 13.2 Å². The molecule has 0 aliphatic carbocycles. The van der Waals surface area contributed by atoms with Gasteiger partial charge in [0.25, 0.3) is 0 Å². The normalized spacial score (nSPS) is 25.3. The Labute approximate surface area is 175 Å². The molecule has 2 saturated heterocycles. The van der Waals surface area contributed by atoms with E-state index in [-0.39, 0.29) is 47.7 Å². The Bertz CT molecular complexity index is 803. The van der Waals surface area contributed by atoms with E-state index in [0.29, 0.717) is 18.9 Å². The van der Waals surface area contributed by atoms with E-state index >= 15 is 0 Å². The number of hydrogen-bond acceptors (Lipinski definition) is 3. The van der Waals surface area contributed by atoms with Gasteiger partial charge in [0.05, 0.1) is 0 Å². The Balaban J connectivity index is 1.63. The third-order valence-electron chi connectivity index (χ3n) is 6.43. The highest BCUT2D eigenvalue weighted by molar-refractivity contribution is 5.88. The van der Waals surface area contributed by atoms with Crippen molar-refractivity contribution in [3.8, 4) is 0 Å². The molecule has 5 atom stereocenters. The minimum absolute atomic E-state index is 0.0282. The van der Waals surface area contributed by atoms with Crippen LogP contribution in [0.2, 0.25) is 0 Å². The molecular weight excluding hydrogens is 395 g/mol. The predicted octanol–water partition coefficient (Wildman–Crippen LogP) is 2.90. The number of rotatable bonds is 6. The molecule has 2 amide bonds. The molecule has 8 heteroatoms. The number of nitrogens with two attached hydrogens (primary N) is 1. The fourth-order valence-electron chi connectivity index (χ4n) is 4.73. The topological polar surface area (TPSA) is 75.4 Å². The second-order valence-corrected chi connectivity index (χ2v) is 8.97. The van der Waals surface area contributed by atoms with E-state index in [1.54, 1.807) is 20.8 Å². The summed E-state index contributed by atoms with van der Waals surface area (Å²) in [6.07, 6.45) is 3.20. The lowest BCUT2D eigenvalue weighted by atomic mass is 9.82. The van der Waals surface area contributed by atoms with Crippen molar-refractivity contribution in [1.29, 1.82) is 0 Å². The number of amides is 2. The van der Waals surface area contributed by atoms with Crippen LogP contribution in [0.3, 0.4) is 0 Å². The second-order valence-electron chi connectivity index (χ2n) is 8.97. The van der Waals surface area contributed by atoms with Crippen LogP contribution < -0.4 is 11.1 Å². The van der Waals surface area contributed by atoms with Crippen LogP contribution in [-0.2, 0) is 16.0 Å². The zero-order valence-corrected chi connectivity index (χ0v) is 17.6. The van der Waals surface area contributed by atoms with Crippen molar-refractivity contribution in [2.75, 3.05) is 0 Å². The summed E-state index contributed by atoms with van der Waals surface area (Å²) in [5.41, 5.74) is 6.39. The molecule has 0 radical (unpaired) electrons. The molecule has 0 saturated carbocycles. The lowest BCUT2D eigenvalue weighted by Gasteiger charge is -2.42. The summed E-state index contributed by atoms with van der Waals surface area (Å²) in [7, 11) is 0. The highest BCUT2D eigenvalue weighted by Gasteiger charge is 2.45. The maximum atomic E-state index is 14.0. The van der Waals surface area contributed by atoms with Crippen molar-refractivity contribution in [2.24, 2.45) is 17.6 Å². The smallest absolute Gasteiger partial charge is 0.245 e. The van der Waals surface area contributed by atoms with Crippen molar-refractivity contribution in [1.82, 2.24) is 10.2 Å². The Kier molecular flexibility index (Phi) is 6.75. The standard InChI is InChI=1S/C22H30F3N3O2/c1-11(2)21(29)27-12(3)22(30)28-15-4-5-16(28)7-14(6-15)20(26)9-13-8-18(24)19(25)10-17(13)23/h8,10-12,14-16,20H,4-7,9,26H2,1-3H3,(H,27,29)/t12-,14?,15-,16+,20+/m0/s1. The zero-order chi connectivity index (χ0) is 22.2. The molecule has 1 unspecified atom stereocenters. The first-order valence-corrected chi connectivity index (χ1v) is 10.6. The largest absolute Gasteiger partial charge is 0.344 e. The Hall–Kier alpha value is -2.09. The highest BCUT2D eigenvalue weighted by Crippen LogP contribution is 2.40. The summed E-state index contributed by atoms with van der Waals surface area (Å²) in [5, 5.41) is 2.77. The number of nitrogens with zero attached hydrogens (tertiary/aromatic N) is 1. The number of piperidine rings is 1. The molecule has 2 aliphatic heterocycles. The van der Waals surface area contributed by atoms with Crippen LogP contribution in [0, 0.1) is 29.3 Å². The number of benzene rings is 1. The quantitative estimate of drug-likeness (QED) is 0.689. The van der Waals surface area contributed by atoms with Gasteiger partial charge in [-0.05, 0) is 56.6 Å². The number of carbonyl (C=O) groups is 2. The number of hydrogen-bond donors (Lipinski definition) is 2. The summed E-state index contributed by atoms with van der Waals surface area (Å²) >= 11 is 0. The van der Waals surface area contributed by atoms with Crippen molar-refractivity contribution in [3.63, 3.8) is 0 Å². The molecule has 1 aromatic carbocycles. The summed E-state index contributed by atoms with van der Waals surface area (Å²) in [4.78, 5) is 26.8. The van der Waals surface area contributed by atoms with Crippen LogP contribution in [0.15, 0.2) is 12.1 Å². The Morgan fingerprint density at radius 1 is 1.07 bits per heavy atom. The molecule has 0 spiro atoms. The summed E-state index contributed by atoms with van der Waals surface area (Å²) in [6.45, 7) is 5.25. The molecule has 2 fully saturated rings. The molecule has 5 nitrogen and oxygen atoms in total. The van der Waals surface area contributed by atoms with E-state index in [0.717, 1.165) is 18.9 Å². The molecule has 2 bridgehead atoms. The van der Waals surface area contributed by atoms with Crippen molar-refractivity contribution in [2.45, 2.75) is 77.0 Å². The maximum absolute atomic E-state index is 14.0. The lowest BCUT2D eigenvalue weighted by Crippen LogP contribution is -2.55. The van der Waals surface area contributed by atoms with Crippen molar-refractivity contribution in [3.05, 3.63) is 35.1 Å². The van der Waals surface area contributed by atoms with Gasteiger partial charge in [0.2, 0.25) is 11.8 Å². The van der Waals surface area contributed by atoms with Gasteiger partial charge in [-0.1, -0.05) is 13.8 Å². The van der Waals surface area contributed by atoms with Crippen LogP contribution in [0.5, 0.6) is 0 Å². The van der Waals surface area contributed by atoms with Gasteiger partial charge >= 0.3 is 0 Å². The molecule has 30 heavy (non-hydrogen) atoms. The summed E-state index contributed by atoms with van der Waals surface area (Å²) in [5.74, 6) is -3.49. The van der Waals surface area contributed by atoms with Crippen molar-refractivity contribution >= 4 is 11.8 Å². The lowest BCUT2D eigenvalue weighted by molar-refractivity contribution is -0.141. The molecule has 166 valence electrons. The zero-order valence-electron chi connectivity index (χ0n) is 17.6. The van der Waals surface area contributed by atoms with Gasteiger partial charge < -0.3 is 16.0 Å². The van der Waals surface area contributed by atoms with Gasteiger partial charge in [0, 0.05) is 30.1 Å². The summed E-state index contributed by atoms with van der Waals surface area (Å²) < 4.78 is 40.6. The molecule has 1 aromatic rings. The summed E-state index contributed by atoms with van der Waals surface area (Å²) in [6, 6.07) is 0.472. The first-order valence-electron chi connectivity index (χ1n) is 10.6. The number of nitrogens with one attached hydrogen (secondary N) is 1. The van der Waals surface area contributed by atoms with Gasteiger partial charge in [-0.3, -0.25) is 9.59 Å². The minimum Gasteiger partial charge on any atom is -0.344 e. The fraction of sp³-hybridized carbons (Fsp3) is 0.636. The molecule has 0 aromatic heterocycles. The van der Waals surface area contributed by atoms with Crippen LogP contribution in [0.1, 0.15) is 52.0 Å². The third-order valence-corrected chi connectivity index (χ3v) is 6.43. The third kappa shape index (κ3) is 4.63. The van der Waals surface area contributed by atoms with Gasteiger partial charge in [-0.25, -0.2) is 13.2 Å². The second kappa shape index (κ2) is 8.96. The SMILES string of the molecule is CC(C)C(=O)N[C@@H](C)C(=O)N1[C@@H]2CC[C@H]1CC([C@H](N)Cc1cc(F)c(F)cc1F)C2. The van der Waals surface area contributed by atoms with Crippen LogP contribution in [0.25, 0.3) is 0 Å². The van der Waals surface area contributed by atoms with E-state index in [9.17, 15) is 22.8 Å². The van der Waals surface area contributed by atoms with E-state index in [1.165, 1.54) is 0 Å². The molecule has 2 aliphatic rings. The van der Waals surface area contributed by atoms with Crippen LogP contribution >= 0.6 is 0 Å². The molecule has 3 N–H and O–H groups in total. The average Bonchev–Trinajstić information content (AvgIpc) is 2.94. The Morgan fingerprint density at radius 3 is 2.20 bits per heavy atom. The number of fused-ring (bicyclic) bond motifs is 2. The van der Waals surface area contributed by atoms with E-state index in [2.05, 4.69) is 5.32 Å². The highest BCUT2D eigenvalue weighted by atomic mass is 19.2. The molecule has 2 heterocycles. The maximum Gasteiger partial charge on any atom is 0.245 e.